The fraction of sp³-hybridized carbons (Fsp3) is 0.160. The Balaban J connectivity index is 1.53. The van der Waals surface area contributed by atoms with E-state index in [9.17, 15) is 4.79 Å². The van der Waals surface area contributed by atoms with Gasteiger partial charge in [-0.25, -0.2) is 4.79 Å². The fourth-order valence-electron chi connectivity index (χ4n) is 3.56. The van der Waals surface area contributed by atoms with Gasteiger partial charge in [-0.3, -0.25) is 4.68 Å². The number of aromatic nitrogens is 2. The summed E-state index contributed by atoms with van der Waals surface area (Å²) < 4.78 is 7.13. The number of ether oxygens (including phenoxy) is 1. The lowest BCUT2D eigenvalue weighted by Gasteiger charge is -2.11. The Bertz CT molecular complexity index is 1320. The van der Waals surface area contributed by atoms with E-state index in [2.05, 4.69) is 15.7 Å². The summed E-state index contributed by atoms with van der Waals surface area (Å²) in [6.45, 7) is 4.60. The first kappa shape index (κ1) is 23.9. The number of anilines is 2. The minimum Gasteiger partial charge on any atom is -0.462 e. The van der Waals surface area contributed by atoms with E-state index in [0.717, 1.165) is 27.3 Å². The smallest absolute Gasteiger partial charge is 0.341 e. The topological polar surface area (TPSA) is 68.2 Å². The van der Waals surface area contributed by atoms with Crippen molar-refractivity contribution in [3.05, 3.63) is 88.0 Å². The maximum Gasteiger partial charge on any atom is 0.341 e. The number of carbonyl (C=O) groups excluding carboxylic acids is 1. The van der Waals surface area contributed by atoms with Crippen molar-refractivity contribution in [3.63, 3.8) is 0 Å². The second-order valence-electron chi connectivity index (χ2n) is 7.42. The van der Waals surface area contributed by atoms with Crippen LogP contribution in [0.25, 0.3) is 11.1 Å². The third-order valence-corrected chi connectivity index (χ3v) is 6.63. The highest BCUT2D eigenvalue weighted by molar-refractivity contribution is 7.80. The molecule has 0 amide bonds. The average molecular weight is 511 g/mol. The highest BCUT2D eigenvalue weighted by atomic mass is 35.5. The number of nitrogens with zero attached hydrogens (tertiary/aromatic N) is 2. The Labute approximate surface area is 212 Å². The molecular formula is C25H23ClN4O2S2. The lowest BCUT2D eigenvalue weighted by atomic mass is 10.0. The fourth-order valence-corrected chi connectivity index (χ4v) is 5.11. The normalized spacial score (nSPS) is 10.7. The van der Waals surface area contributed by atoms with E-state index in [0.29, 0.717) is 27.2 Å². The van der Waals surface area contributed by atoms with Crippen LogP contribution in [0.1, 0.15) is 27.7 Å². The van der Waals surface area contributed by atoms with Crippen molar-refractivity contribution in [2.24, 2.45) is 0 Å². The summed E-state index contributed by atoms with van der Waals surface area (Å²) in [6, 6.07) is 17.4. The number of hydrogen-bond acceptors (Lipinski definition) is 5. The van der Waals surface area contributed by atoms with Crippen LogP contribution in [-0.2, 0) is 11.3 Å². The molecule has 4 rings (SSSR count). The minimum absolute atomic E-state index is 0.286. The second kappa shape index (κ2) is 10.8. The molecule has 0 bridgehead atoms. The zero-order valence-electron chi connectivity index (χ0n) is 18.7. The molecule has 2 N–H and O–H groups in total. The number of thiocarbonyl (C=S) groups is 1. The molecule has 0 aliphatic rings. The van der Waals surface area contributed by atoms with E-state index in [-0.39, 0.29) is 12.6 Å². The molecule has 6 nitrogen and oxygen atoms in total. The quantitative estimate of drug-likeness (QED) is 0.215. The molecule has 4 aromatic rings. The molecule has 2 aromatic carbocycles. The third-order valence-electron chi connectivity index (χ3n) is 5.03. The maximum atomic E-state index is 12.9. The molecule has 0 fully saturated rings. The van der Waals surface area contributed by atoms with Gasteiger partial charge in [0.25, 0.3) is 0 Å². The number of nitrogens with one attached hydrogen (secondary N) is 2. The van der Waals surface area contributed by atoms with E-state index >= 15 is 0 Å². The maximum absolute atomic E-state index is 12.9. The van der Waals surface area contributed by atoms with Gasteiger partial charge >= 0.3 is 5.97 Å². The summed E-state index contributed by atoms with van der Waals surface area (Å²) in [5.41, 5.74) is 3.98. The van der Waals surface area contributed by atoms with E-state index in [1.54, 1.807) is 17.8 Å². The predicted molar refractivity (Wildman–Crippen MR) is 143 cm³/mol. The zero-order valence-corrected chi connectivity index (χ0v) is 21.1. The Hall–Kier alpha value is -3.20. The van der Waals surface area contributed by atoms with Crippen LogP contribution in [-0.4, -0.2) is 27.5 Å². The summed E-state index contributed by atoms with van der Waals surface area (Å²) in [6.07, 6.45) is 3.53. The molecule has 0 aliphatic heterocycles. The number of esters is 1. The standard InChI is InChI=1S/C25H23ClN4O2S2/c1-3-32-24(31)22-21(17-9-5-4-6-10-17)16(2)34-23(22)29-25(33)28-19-13-27-30(15-19)14-18-11-7-8-12-20(18)26/h4-13,15H,3,14H2,1-2H3,(H2,28,29,33). The van der Waals surface area contributed by atoms with Crippen molar-refractivity contribution in [2.75, 3.05) is 17.2 Å². The van der Waals surface area contributed by atoms with Gasteiger partial charge in [-0.2, -0.15) is 5.10 Å². The molecule has 0 unspecified atom stereocenters. The molecule has 0 radical (unpaired) electrons. The number of rotatable bonds is 7. The van der Waals surface area contributed by atoms with Crippen molar-refractivity contribution in [2.45, 2.75) is 20.4 Å². The van der Waals surface area contributed by atoms with Gasteiger partial charge in [0, 0.05) is 21.7 Å². The number of hydrogen-bond donors (Lipinski definition) is 2. The van der Waals surface area contributed by atoms with Crippen LogP contribution >= 0.6 is 35.2 Å². The summed E-state index contributed by atoms with van der Waals surface area (Å²) in [5, 5.41) is 12.4. The van der Waals surface area contributed by atoms with Gasteiger partial charge < -0.3 is 15.4 Å². The summed E-state index contributed by atoms with van der Waals surface area (Å²) in [4.78, 5) is 13.9. The molecule has 34 heavy (non-hydrogen) atoms. The van der Waals surface area contributed by atoms with Crippen molar-refractivity contribution >= 4 is 56.9 Å². The Morgan fingerprint density at radius 1 is 1.15 bits per heavy atom. The first-order valence-corrected chi connectivity index (χ1v) is 12.3. The first-order valence-electron chi connectivity index (χ1n) is 10.7. The van der Waals surface area contributed by atoms with Crippen LogP contribution in [0, 0.1) is 6.92 Å². The number of halogens is 1. The van der Waals surface area contributed by atoms with E-state index in [1.165, 1.54) is 11.3 Å². The molecular weight excluding hydrogens is 488 g/mol. The number of thiophene rings is 1. The molecule has 0 atom stereocenters. The van der Waals surface area contributed by atoms with Crippen LogP contribution in [0.15, 0.2) is 67.0 Å². The van der Waals surface area contributed by atoms with Crippen LogP contribution in [0.2, 0.25) is 5.02 Å². The van der Waals surface area contributed by atoms with Gasteiger partial charge in [0.1, 0.15) is 10.6 Å². The Kier molecular flexibility index (Phi) is 7.62. The summed E-state index contributed by atoms with van der Waals surface area (Å²) >= 11 is 13.2. The molecule has 174 valence electrons. The van der Waals surface area contributed by atoms with Crippen molar-refractivity contribution < 1.29 is 9.53 Å². The van der Waals surface area contributed by atoms with Gasteiger partial charge in [0.15, 0.2) is 5.11 Å². The van der Waals surface area contributed by atoms with Gasteiger partial charge in [0.2, 0.25) is 0 Å². The van der Waals surface area contributed by atoms with E-state index in [1.807, 2.05) is 67.7 Å². The lowest BCUT2D eigenvalue weighted by Crippen LogP contribution is -2.20. The SMILES string of the molecule is CCOC(=O)c1c(NC(=S)Nc2cnn(Cc3ccccc3Cl)c2)sc(C)c1-c1ccccc1. The van der Waals surface area contributed by atoms with Gasteiger partial charge in [-0.15, -0.1) is 11.3 Å². The third kappa shape index (κ3) is 5.47. The highest BCUT2D eigenvalue weighted by Gasteiger charge is 2.25. The molecule has 2 aromatic heterocycles. The van der Waals surface area contributed by atoms with Crippen LogP contribution in [0.4, 0.5) is 10.7 Å². The minimum atomic E-state index is -0.386. The molecule has 0 saturated heterocycles. The monoisotopic (exact) mass is 510 g/mol. The second-order valence-corrected chi connectivity index (χ2v) is 9.46. The lowest BCUT2D eigenvalue weighted by molar-refractivity contribution is 0.0529. The number of benzene rings is 2. The zero-order chi connectivity index (χ0) is 24.1. The van der Waals surface area contributed by atoms with Crippen molar-refractivity contribution in [1.82, 2.24) is 9.78 Å². The first-order chi connectivity index (χ1) is 16.5. The van der Waals surface area contributed by atoms with Gasteiger partial charge in [-0.1, -0.05) is 60.1 Å². The largest absolute Gasteiger partial charge is 0.462 e. The number of aryl methyl sites for hydroxylation is 1. The van der Waals surface area contributed by atoms with Crippen LogP contribution in [0.5, 0.6) is 0 Å². The Morgan fingerprint density at radius 3 is 2.62 bits per heavy atom. The van der Waals surface area contributed by atoms with Crippen molar-refractivity contribution in [3.8, 4) is 11.1 Å². The molecule has 0 spiro atoms. The summed E-state index contributed by atoms with van der Waals surface area (Å²) in [7, 11) is 0. The molecule has 0 aliphatic carbocycles. The van der Waals surface area contributed by atoms with E-state index < -0.39 is 0 Å². The molecule has 9 heteroatoms. The van der Waals surface area contributed by atoms with E-state index in [4.69, 9.17) is 28.6 Å². The molecule has 2 heterocycles. The summed E-state index contributed by atoms with van der Waals surface area (Å²) in [5.74, 6) is -0.386. The average Bonchev–Trinajstić information content (AvgIpc) is 3.39. The molecule has 0 saturated carbocycles. The van der Waals surface area contributed by atoms with Crippen LogP contribution < -0.4 is 10.6 Å². The van der Waals surface area contributed by atoms with Gasteiger partial charge in [-0.05, 0) is 43.3 Å². The predicted octanol–water partition coefficient (Wildman–Crippen LogP) is 6.61. The Morgan fingerprint density at radius 2 is 1.88 bits per heavy atom. The van der Waals surface area contributed by atoms with Gasteiger partial charge in [0.05, 0.1) is 25.0 Å². The van der Waals surface area contributed by atoms with Crippen molar-refractivity contribution in [1.29, 1.82) is 0 Å². The number of carbonyl (C=O) groups is 1. The van der Waals surface area contributed by atoms with Crippen LogP contribution in [0.3, 0.4) is 0 Å². The highest BCUT2D eigenvalue weighted by Crippen LogP contribution is 2.40.